The van der Waals surface area contributed by atoms with E-state index in [0.717, 1.165) is 0 Å². The molecule has 0 aliphatic carbocycles. The smallest absolute Gasteiger partial charge is 0.195 e. The summed E-state index contributed by atoms with van der Waals surface area (Å²) >= 11 is 0. The Kier molecular flexibility index (Phi) is 4.31. The van der Waals surface area contributed by atoms with Gasteiger partial charge in [0.1, 0.15) is 0 Å². The fourth-order valence-corrected chi connectivity index (χ4v) is 1.29. The van der Waals surface area contributed by atoms with Gasteiger partial charge in [-0.2, -0.15) is 0 Å². The first kappa shape index (κ1) is 12.3. The highest BCUT2D eigenvalue weighted by atomic mass is 32.2. The molecule has 0 amide bonds. The first-order valence-electron chi connectivity index (χ1n) is 3.11. The summed E-state index contributed by atoms with van der Waals surface area (Å²) in [4.78, 5) is 0. The molecular formula is C6H10O5S2. The maximum absolute atomic E-state index is 10.7. The molecule has 0 unspecified atom stereocenters. The van der Waals surface area contributed by atoms with Gasteiger partial charge in [-0.05, 0) is 0 Å². The lowest BCUT2D eigenvalue weighted by Gasteiger charge is -2.00. The Bertz CT molecular complexity index is 337. The van der Waals surface area contributed by atoms with Gasteiger partial charge in [0.2, 0.25) is 0 Å². The van der Waals surface area contributed by atoms with Crippen molar-refractivity contribution in [1.29, 1.82) is 0 Å². The average Bonchev–Trinajstić information content (AvgIpc) is 2.04. The van der Waals surface area contributed by atoms with Gasteiger partial charge in [0.25, 0.3) is 0 Å². The largest absolute Gasteiger partial charge is 0.349 e. The van der Waals surface area contributed by atoms with Crippen LogP contribution in [0, 0.1) is 0 Å². The molecule has 0 saturated heterocycles. The molecular weight excluding hydrogens is 216 g/mol. The summed E-state index contributed by atoms with van der Waals surface area (Å²) in [6.07, 6.45) is 0. The quantitative estimate of drug-likeness (QED) is 0.638. The standard InChI is InChI=1S/C6H10O5S2/c1-3-12(7,8)5-11-6-13(9,10)4-2/h3-4H,1-2,5-6H2. The van der Waals surface area contributed by atoms with Gasteiger partial charge in [0, 0.05) is 10.8 Å². The van der Waals surface area contributed by atoms with Gasteiger partial charge in [0.15, 0.2) is 31.6 Å². The van der Waals surface area contributed by atoms with Crippen LogP contribution < -0.4 is 0 Å². The SMILES string of the molecule is C=CS(=O)(=O)COCS(=O)(=O)C=C. The zero-order valence-electron chi connectivity index (χ0n) is 6.84. The molecule has 0 N–H and O–H groups in total. The molecule has 7 heteroatoms. The molecule has 0 aliphatic heterocycles. The normalized spacial score (nSPS) is 12.3. The van der Waals surface area contributed by atoms with Crippen molar-refractivity contribution in [2.24, 2.45) is 0 Å². The lowest BCUT2D eigenvalue weighted by molar-refractivity contribution is 0.226. The van der Waals surface area contributed by atoms with E-state index in [2.05, 4.69) is 17.9 Å². The zero-order valence-corrected chi connectivity index (χ0v) is 8.47. The van der Waals surface area contributed by atoms with E-state index in [9.17, 15) is 16.8 Å². The molecule has 0 aromatic heterocycles. The fourth-order valence-electron chi connectivity index (χ4n) is 0.363. The van der Waals surface area contributed by atoms with Crippen molar-refractivity contribution in [3.63, 3.8) is 0 Å². The second-order valence-electron chi connectivity index (χ2n) is 2.10. The molecule has 0 radical (unpaired) electrons. The molecule has 13 heavy (non-hydrogen) atoms. The summed E-state index contributed by atoms with van der Waals surface area (Å²) in [6.45, 7) is 6.06. The van der Waals surface area contributed by atoms with Crippen LogP contribution in [0.25, 0.3) is 0 Å². The van der Waals surface area contributed by atoms with Gasteiger partial charge in [-0.25, -0.2) is 16.8 Å². The minimum atomic E-state index is -3.51. The van der Waals surface area contributed by atoms with Crippen LogP contribution in [-0.2, 0) is 24.4 Å². The number of ether oxygens (including phenoxy) is 1. The van der Waals surface area contributed by atoms with E-state index >= 15 is 0 Å². The van der Waals surface area contributed by atoms with Crippen LogP contribution in [0.1, 0.15) is 0 Å². The predicted molar refractivity (Wildman–Crippen MR) is 49.1 cm³/mol. The Morgan fingerprint density at radius 1 is 0.923 bits per heavy atom. The second kappa shape index (κ2) is 4.54. The molecule has 0 aromatic rings. The van der Waals surface area contributed by atoms with Gasteiger partial charge in [-0.1, -0.05) is 13.2 Å². The van der Waals surface area contributed by atoms with Crippen molar-refractivity contribution < 1.29 is 21.6 Å². The summed E-state index contributed by atoms with van der Waals surface area (Å²) in [5, 5.41) is 1.40. The van der Waals surface area contributed by atoms with E-state index < -0.39 is 31.6 Å². The molecule has 0 fully saturated rings. The van der Waals surface area contributed by atoms with Crippen LogP contribution in [0.5, 0.6) is 0 Å². The van der Waals surface area contributed by atoms with Gasteiger partial charge in [-0.3, -0.25) is 0 Å². The second-order valence-corrected chi connectivity index (χ2v) is 5.89. The molecule has 0 rings (SSSR count). The Balaban J connectivity index is 4.11. The highest BCUT2D eigenvalue weighted by Gasteiger charge is 2.09. The van der Waals surface area contributed by atoms with Crippen molar-refractivity contribution in [3.05, 3.63) is 24.0 Å². The van der Waals surface area contributed by atoms with Crippen LogP contribution in [0.2, 0.25) is 0 Å². The minimum absolute atomic E-state index is 0.691. The van der Waals surface area contributed by atoms with Crippen molar-refractivity contribution in [2.45, 2.75) is 0 Å². The molecule has 0 atom stereocenters. The first-order chi connectivity index (χ1) is 5.83. The summed E-state index contributed by atoms with van der Waals surface area (Å²) < 4.78 is 47.3. The molecule has 0 spiro atoms. The van der Waals surface area contributed by atoms with Crippen LogP contribution in [0.4, 0.5) is 0 Å². The van der Waals surface area contributed by atoms with E-state index in [1.807, 2.05) is 0 Å². The lowest BCUT2D eigenvalue weighted by Crippen LogP contribution is -2.12. The summed E-state index contributed by atoms with van der Waals surface area (Å²) in [7, 11) is -7.01. The topological polar surface area (TPSA) is 77.5 Å². The lowest BCUT2D eigenvalue weighted by atomic mass is 11.3. The maximum atomic E-state index is 10.7. The predicted octanol–water partition coefficient (Wildman–Crippen LogP) is 0.0346. The highest BCUT2D eigenvalue weighted by molar-refractivity contribution is 7.94. The summed E-state index contributed by atoms with van der Waals surface area (Å²) in [5.41, 5.74) is 0. The van der Waals surface area contributed by atoms with Crippen molar-refractivity contribution in [2.75, 3.05) is 11.9 Å². The molecule has 76 valence electrons. The van der Waals surface area contributed by atoms with Crippen molar-refractivity contribution >= 4 is 19.7 Å². The number of hydrogen-bond donors (Lipinski definition) is 0. The number of sulfone groups is 2. The third kappa shape index (κ3) is 5.56. The zero-order chi connectivity index (χ0) is 10.5. The molecule has 0 heterocycles. The molecule has 5 nitrogen and oxygen atoms in total. The number of hydrogen-bond acceptors (Lipinski definition) is 5. The Hall–Kier alpha value is -0.660. The van der Waals surface area contributed by atoms with E-state index in [4.69, 9.17) is 0 Å². The van der Waals surface area contributed by atoms with Gasteiger partial charge >= 0.3 is 0 Å². The highest BCUT2D eigenvalue weighted by Crippen LogP contribution is 1.96. The molecule has 0 aromatic carbocycles. The minimum Gasteiger partial charge on any atom is -0.349 e. The molecule has 0 aliphatic rings. The van der Waals surface area contributed by atoms with Gasteiger partial charge < -0.3 is 4.74 Å². The van der Waals surface area contributed by atoms with Crippen molar-refractivity contribution in [3.8, 4) is 0 Å². The van der Waals surface area contributed by atoms with E-state index in [0.29, 0.717) is 10.8 Å². The van der Waals surface area contributed by atoms with E-state index in [1.54, 1.807) is 0 Å². The third-order valence-corrected chi connectivity index (χ3v) is 3.01. The van der Waals surface area contributed by atoms with Gasteiger partial charge in [-0.15, -0.1) is 0 Å². The van der Waals surface area contributed by atoms with Crippen LogP contribution in [0.15, 0.2) is 24.0 Å². The Labute approximate surface area is 77.5 Å². The van der Waals surface area contributed by atoms with E-state index in [1.165, 1.54) is 0 Å². The Morgan fingerprint density at radius 3 is 1.46 bits per heavy atom. The van der Waals surface area contributed by atoms with Crippen LogP contribution in [0.3, 0.4) is 0 Å². The number of rotatable bonds is 6. The molecule has 0 saturated carbocycles. The Morgan fingerprint density at radius 2 is 1.23 bits per heavy atom. The average molecular weight is 226 g/mol. The fraction of sp³-hybridized carbons (Fsp3) is 0.333. The van der Waals surface area contributed by atoms with Gasteiger partial charge in [0.05, 0.1) is 0 Å². The first-order valence-corrected chi connectivity index (χ1v) is 6.54. The third-order valence-electron chi connectivity index (χ3n) is 1.00. The van der Waals surface area contributed by atoms with Crippen molar-refractivity contribution in [1.82, 2.24) is 0 Å². The summed E-state index contributed by atoms with van der Waals surface area (Å²) in [5.74, 6) is -1.38. The monoisotopic (exact) mass is 226 g/mol. The summed E-state index contributed by atoms with van der Waals surface area (Å²) in [6, 6.07) is 0. The molecule has 0 bridgehead atoms. The van der Waals surface area contributed by atoms with Crippen LogP contribution >= 0.6 is 0 Å². The van der Waals surface area contributed by atoms with Crippen LogP contribution in [-0.4, -0.2) is 28.7 Å². The maximum Gasteiger partial charge on any atom is 0.195 e. The van der Waals surface area contributed by atoms with E-state index in [-0.39, 0.29) is 0 Å².